The monoisotopic (exact) mass is 331 g/mol. The molecule has 0 aliphatic carbocycles. The summed E-state index contributed by atoms with van der Waals surface area (Å²) in [7, 11) is 0. The minimum Gasteiger partial charge on any atom is -0.389 e. The Morgan fingerprint density at radius 2 is 2.16 bits per heavy atom. The summed E-state index contributed by atoms with van der Waals surface area (Å²) < 4.78 is 0.591. The summed E-state index contributed by atoms with van der Waals surface area (Å²) in [4.78, 5) is 16.4. The van der Waals surface area contributed by atoms with E-state index in [0.29, 0.717) is 28.9 Å². The molecule has 6 nitrogen and oxygen atoms in total. The lowest BCUT2D eigenvalue weighted by Crippen LogP contribution is -2.39. The van der Waals surface area contributed by atoms with Crippen LogP contribution in [0.4, 0.5) is 11.5 Å². The molecule has 1 aromatic heterocycles. The third-order valence-electron chi connectivity index (χ3n) is 2.67. The molecule has 0 aliphatic rings. The van der Waals surface area contributed by atoms with Crippen LogP contribution >= 0.6 is 15.9 Å². The van der Waals surface area contributed by atoms with Gasteiger partial charge < -0.3 is 10.0 Å². The molecule has 1 heterocycles. The maximum absolute atomic E-state index is 10.8. The fourth-order valence-electron chi connectivity index (χ4n) is 1.76. The number of pyridine rings is 1. The van der Waals surface area contributed by atoms with Gasteiger partial charge in [-0.3, -0.25) is 10.1 Å². The maximum Gasteiger partial charge on any atom is 0.291 e. The van der Waals surface area contributed by atoms with Crippen molar-refractivity contribution in [1.29, 1.82) is 0 Å². The summed E-state index contributed by atoms with van der Waals surface area (Å²) in [5.74, 6) is 0.604. The number of rotatable bonds is 5. The van der Waals surface area contributed by atoms with Crippen LogP contribution in [0.1, 0.15) is 26.3 Å². The van der Waals surface area contributed by atoms with E-state index in [1.807, 2.05) is 11.8 Å². The standard InChI is InChI=1S/C12H18BrN3O3/c1-5-15(7-12(3,4)17)11-10(13)8(2)9(6-14-11)16(18)19/h6,17H,5,7H2,1-4H3. The predicted molar refractivity (Wildman–Crippen MR) is 77.5 cm³/mol. The van der Waals surface area contributed by atoms with Crippen molar-refractivity contribution in [2.75, 3.05) is 18.0 Å². The Morgan fingerprint density at radius 3 is 2.58 bits per heavy atom. The largest absolute Gasteiger partial charge is 0.389 e. The Morgan fingerprint density at radius 1 is 1.58 bits per heavy atom. The molecule has 1 rings (SSSR count). The van der Waals surface area contributed by atoms with E-state index in [9.17, 15) is 15.2 Å². The summed E-state index contributed by atoms with van der Waals surface area (Å²) in [5, 5.41) is 20.7. The number of likely N-dealkylation sites (N-methyl/N-ethyl adjacent to an activating group) is 1. The van der Waals surface area contributed by atoms with Crippen LogP contribution in [0.2, 0.25) is 0 Å². The molecular weight excluding hydrogens is 314 g/mol. The normalized spacial score (nSPS) is 11.5. The van der Waals surface area contributed by atoms with Gasteiger partial charge in [0, 0.05) is 18.7 Å². The van der Waals surface area contributed by atoms with E-state index in [4.69, 9.17) is 0 Å². The third kappa shape index (κ3) is 3.87. The Balaban J connectivity index is 3.20. The number of halogens is 1. The summed E-state index contributed by atoms with van der Waals surface area (Å²) >= 11 is 3.36. The molecular formula is C12H18BrN3O3. The van der Waals surface area contributed by atoms with Crippen molar-refractivity contribution in [3.05, 3.63) is 26.3 Å². The van der Waals surface area contributed by atoms with E-state index >= 15 is 0 Å². The average Bonchev–Trinajstić information content (AvgIpc) is 2.28. The van der Waals surface area contributed by atoms with E-state index in [1.165, 1.54) is 6.20 Å². The van der Waals surface area contributed by atoms with Crippen molar-refractivity contribution in [1.82, 2.24) is 4.98 Å². The molecule has 0 amide bonds. The van der Waals surface area contributed by atoms with Gasteiger partial charge in [-0.25, -0.2) is 4.98 Å². The van der Waals surface area contributed by atoms with Crippen molar-refractivity contribution >= 4 is 27.4 Å². The average molecular weight is 332 g/mol. The van der Waals surface area contributed by atoms with Gasteiger partial charge in [0.2, 0.25) is 0 Å². The molecule has 7 heteroatoms. The highest BCUT2D eigenvalue weighted by Gasteiger charge is 2.23. The second-order valence-corrected chi connectivity index (χ2v) is 5.78. The molecule has 1 aromatic rings. The molecule has 0 aliphatic heterocycles. The molecule has 0 spiro atoms. The molecule has 0 fully saturated rings. The Hall–Kier alpha value is -1.21. The van der Waals surface area contributed by atoms with E-state index in [-0.39, 0.29) is 5.69 Å². The SMILES string of the molecule is CCN(CC(C)(C)O)c1ncc([N+](=O)[O-])c(C)c1Br. The number of aromatic nitrogens is 1. The van der Waals surface area contributed by atoms with Gasteiger partial charge in [0.15, 0.2) is 0 Å². The number of hydrogen-bond acceptors (Lipinski definition) is 5. The summed E-state index contributed by atoms with van der Waals surface area (Å²) in [6.07, 6.45) is 1.25. The van der Waals surface area contributed by atoms with Crippen molar-refractivity contribution in [3.8, 4) is 0 Å². The first kappa shape index (κ1) is 15.8. The lowest BCUT2D eigenvalue weighted by molar-refractivity contribution is -0.385. The Kier molecular flexibility index (Phi) is 4.86. The minimum atomic E-state index is -0.868. The lowest BCUT2D eigenvalue weighted by Gasteiger charge is -2.29. The van der Waals surface area contributed by atoms with Gasteiger partial charge in [0.25, 0.3) is 5.69 Å². The van der Waals surface area contributed by atoms with Crippen LogP contribution in [-0.4, -0.2) is 33.7 Å². The van der Waals surface area contributed by atoms with Gasteiger partial charge >= 0.3 is 0 Å². The minimum absolute atomic E-state index is 0.0186. The van der Waals surface area contributed by atoms with Crippen LogP contribution in [0, 0.1) is 17.0 Å². The number of aliphatic hydroxyl groups is 1. The van der Waals surface area contributed by atoms with Crippen LogP contribution in [-0.2, 0) is 0 Å². The number of anilines is 1. The van der Waals surface area contributed by atoms with Crippen molar-refractivity contribution in [3.63, 3.8) is 0 Å². The molecule has 0 aromatic carbocycles. The quantitative estimate of drug-likeness (QED) is 0.662. The molecule has 0 atom stereocenters. The van der Waals surface area contributed by atoms with E-state index < -0.39 is 10.5 Å². The predicted octanol–water partition coefficient (Wildman–Crippen LogP) is 2.66. The molecule has 0 saturated carbocycles. The van der Waals surface area contributed by atoms with E-state index in [0.717, 1.165) is 0 Å². The molecule has 0 unspecified atom stereocenters. The van der Waals surface area contributed by atoms with Crippen molar-refractivity contribution in [2.45, 2.75) is 33.3 Å². The van der Waals surface area contributed by atoms with Crippen molar-refractivity contribution in [2.24, 2.45) is 0 Å². The molecule has 19 heavy (non-hydrogen) atoms. The topological polar surface area (TPSA) is 79.5 Å². The van der Waals surface area contributed by atoms with Crippen LogP contribution < -0.4 is 4.90 Å². The molecule has 0 radical (unpaired) electrons. The highest BCUT2D eigenvalue weighted by atomic mass is 79.9. The maximum atomic E-state index is 10.8. The second-order valence-electron chi connectivity index (χ2n) is 4.99. The van der Waals surface area contributed by atoms with E-state index in [2.05, 4.69) is 20.9 Å². The zero-order chi connectivity index (χ0) is 14.8. The lowest BCUT2D eigenvalue weighted by atomic mass is 10.1. The molecule has 0 saturated heterocycles. The first-order chi connectivity index (χ1) is 8.67. The Labute approximate surface area is 120 Å². The molecule has 0 bridgehead atoms. The van der Waals surface area contributed by atoms with Crippen LogP contribution in [0.25, 0.3) is 0 Å². The molecule has 106 valence electrons. The number of nitro groups is 1. The smallest absolute Gasteiger partial charge is 0.291 e. The zero-order valence-electron chi connectivity index (χ0n) is 11.5. The summed E-state index contributed by atoms with van der Waals surface area (Å²) in [6.45, 7) is 8.07. The fourth-order valence-corrected chi connectivity index (χ4v) is 2.32. The van der Waals surface area contributed by atoms with Crippen LogP contribution in [0.15, 0.2) is 10.7 Å². The highest BCUT2D eigenvalue weighted by molar-refractivity contribution is 9.10. The van der Waals surface area contributed by atoms with Gasteiger partial charge in [-0.05, 0) is 43.6 Å². The zero-order valence-corrected chi connectivity index (χ0v) is 13.1. The number of hydrogen-bond donors (Lipinski definition) is 1. The second kappa shape index (κ2) is 5.83. The van der Waals surface area contributed by atoms with Crippen molar-refractivity contribution < 1.29 is 10.0 Å². The van der Waals surface area contributed by atoms with Gasteiger partial charge in [0.1, 0.15) is 12.0 Å². The van der Waals surface area contributed by atoms with Gasteiger partial charge in [-0.2, -0.15) is 0 Å². The van der Waals surface area contributed by atoms with Crippen LogP contribution in [0.5, 0.6) is 0 Å². The Bertz CT molecular complexity index is 486. The van der Waals surface area contributed by atoms with Gasteiger partial charge in [-0.1, -0.05) is 0 Å². The van der Waals surface area contributed by atoms with Gasteiger partial charge in [-0.15, -0.1) is 0 Å². The van der Waals surface area contributed by atoms with E-state index in [1.54, 1.807) is 20.8 Å². The van der Waals surface area contributed by atoms with Crippen LogP contribution in [0.3, 0.4) is 0 Å². The third-order valence-corrected chi connectivity index (χ3v) is 3.62. The molecule has 1 N–H and O–H groups in total. The number of nitrogens with zero attached hydrogens (tertiary/aromatic N) is 3. The summed E-state index contributed by atoms with van der Waals surface area (Å²) in [6, 6.07) is 0. The van der Waals surface area contributed by atoms with Gasteiger partial charge in [0.05, 0.1) is 15.0 Å². The first-order valence-corrected chi connectivity index (χ1v) is 6.73. The fraction of sp³-hybridized carbons (Fsp3) is 0.583. The first-order valence-electron chi connectivity index (χ1n) is 5.94. The summed E-state index contributed by atoms with van der Waals surface area (Å²) in [5.41, 5.74) is -0.355. The highest BCUT2D eigenvalue weighted by Crippen LogP contribution is 2.33.